The number of ether oxygens (including phenoxy) is 2. The standard InChI is InChI=1S/C19H16O2S/c1-3-8-16(9-4-1)21-18-11-7-10-17(14-18)20-15-22-19-12-5-2-6-13-19/h1-14H,15H2. The number of rotatable bonds is 6. The zero-order valence-electron chi connectivity index (χ0n) is 12.0. The molecule has 0 radical (unpaired) electrons. The van der Waals surface area contributed by atoms with Gasteiger partial charge in [-0.25, -0.2) is 0 Å². The minimum absolute atomic E-state index is 0.568. The smallest absolute Gasteiger partial charge is 0.138 e. The summed E-state index contributed by atoms with van der Waals surface area (Å²) < 4.78 is 11.6. The van der Waals surface area contributed by atoms with Crippen molar-refractivity contribution >= 4 is 11.8 Å². The number of hydrogen-bond acceptors (Lipinski definition) is 3. The summed E-state index contributed by atoms with van der Waals surface area (Å²) in [6, 6.07) is 27.6. The molecule has 3 rings (SSSR count). The lowest BCUT2D eigenvalue weighted by Crippen LogP contribution is -1.93. The lowest BCUT2D eigenvalue weighted by molar-refractivity contribution is 0.389. The van der Waals surface area contributed by atoms with Crippen LogP contribution >= 0.6 is 11.8 Å². The second-order valence-electron chi connectivity index (χ2n) is 4.61. The van der Waals surface area contributed by atoms with Crippen LogP contribution in [0.5, 0.6) is 17.2 Å². The van der Waals surface area contributed by atoms with Crippen LogP contribution in [-0.2, 0) is 0 Å². The molecule has 0 aliphatic carbocycles. The molecule has 0 saturated heterocycles. The predicted molar refractivity (Wildman–Crippen MR) is 90.8 cm³/mol. The first-order valence-electron chi connectivity index (χ1n) is 7.04. The van der Waals surface area contributed by atoms with Gasteiger partial charge in [-0.1, -0.05) is 54.2 Å². The maximum atomic E-state index is 5.80. The van der Waals surface area contributed by atoms with Crippen LogP contribution < -0.4 is 9.47 Å². The first-order valence-corrected chi connectivity index (χ1v) is 8.02. The van der Waals surface area contributed by atoms with Gasteiger partial charge in [0.05, 0.1) is 0 Å². The fourth-order valence-electron chi connectivity index (χ4n) is 1.93. The zero-order valence-corrected chi connectivity index (χ0v) is 12.8. The highest BCUT2D eigenvalue weighted by Crippen LogP contribution is 2.26. The van der Waals surface area contributed by atoms with Gasteiger partial charge in [-0.2, -0.15) is 0 Å². The molecular formula is C19H16O2S. The van der Waals surface area contributed by atoms with Crippen molar-refractivity contribution < 1.29 is 9.47 Å². The average molecular weight is 308 g/mol. The van der Waals surface area contributed by atoms with Gasteiger partial charge in [0.25, 0.3) is 0 Å². The Morgan fingerprint density at radius 1 is 0.636 bits per heavy atom. The van der Waals surface area contributed by atoms with Gasteiger partial charge < -0.3 is 9.47 Å². The van der Waals surface area contributed by atoms with Gasteiger partial charge in [0.1, 0.15) is 23.2 Å². The summed E-state index contributed by atoms with van der Waals surface area (Å²) in [5, 5.41) is 0. The summed E-state index contributed by atoms with van der Waals surface area (Å²) in [6.07, 6.45) is 0. The third-order valence-electron chi connectivity index (χ3n) is 2.98. The Morgan fingerprint density at radius 3 is 2.05 bits per heavy atom. The molecule has 0 bridgehead atoms. The average Bonchev–Trinajstić information content (AvgIpc) is 2.57. The number of benzene rings is 3. The van der Waals surface area contributed by atoms with Crippen molar-refractivity contribution in [3.8, 4) is 17.2 Å². The molecule has 0 unspecified atom stereocenters. The van der Waals surface area contributed by atoms with Crippen molar-refractivity contribution in [3.63, 3.8) is 0 Å². The minimum Gasteiger partial charge on any atom is -0.483 e. The normalized spacial score (nSPS) is 10.2. The van der Waals surface area contributed by atoms with Gasteiger partial charge in [-0.3, -0.25) is 0 Å². The largest absolute Gasteiger partial charge is 0.483 e. The fourth-order valence-corrected chi connectivity index (χ4v) is 2.62. The molecule has 0 spiro atoms. The van der Waals surface area contributed by atoms with E-state index in [1.165, 1.54) is 4.90 Å². The van der Waals surface area contributed by atoms with Crippen LogP contribution in [-0.4, -0.2) is 5.94 Å². The van der Waals surface area contributed by atoms with E-state index in [1.807, 2.05) is 72.8 Å². The van der Waals surface area contributed by atoms with E-state index in [0.717, 1.165) is 17.2 Å². The van der Waals surface area contributed by atoms with Crippen LogP contribution in [0.1, 0.15) is 0 Å². The maximum absolute atomic E-state index is 5.80. The van der Waals surface area contributed by atoms with Gasteiger partial charge in [0.15, 0.2) is 0 Å². The molecule has 110 valence electrons. The Bertz CT molecular complexity index is 699. The van der Waals surface area contributed by atoms with E-state index in [9.17, 15) is 0 Å². The van der Waals surface area contributed by atoms with E-state index in [1.54, 1.807) is 11.8 Å². The van der Waals surface area contributed by atoms with Gasteiger partial charge in [0, 0.05) is 11.0 Å². The molecule has 0 atom stereocenters. The molecule has 0 aromatic heterocycles. The van der Waals surface area contributed by atoms with Gasteiger partial charge in [-0.15, -0.1) is 0 Å². The molecule has 0 aliphatic rings. The van der Waals surface area contributed by atoms with E-state index in [2.05, 4.69) is 12.1 Å². The Balaban J connectivity index is 1.57. The van der Waals surface area contributed by atoms with Gasteiger partial charge in [-0.05, 0) is 36.4 Å². The van der Waals surface area contributed by atoms with Crippen LogP contribution in [0.2, 0.25) is 0 Å². The molecule has 3 aromatic rings. The Labute approximate surface area is 134 Å². The molecule has 3 aromatic carbocycles. The number of para-hydroxylation sites is 1. The highest BCUT2D eigenvalue weighted by Gasteiger charge is 2.00. The molecule has 0 aliphatic heterocycles. The summed E-state index contributed by atoms with van der Waals surface area (Å²) in [7, 11) is 0. The van der Waals surface area contributed by atoms with Crippen molar-refractivity contribution in [2.24, 2.45) is 0 Å². The topological polar surface area (TPSA) is 18.5 Å². The lowest BCUT2D eigenvalue weighted by Gasteiger charge is -2.09. The van der Waals surface area contributed by atoms with Crippen molar-refractivity contribution in [3.05, 3.63) is 84.9 Å². The molecule has 0 saturated carbocycles. The van der Waals surface area contributed by atoms with Crippen LogP contribution in [0.15, 0.2) is 89.8 Å². The molecular weight excluding hydrogens is 292 g/mol. The second-order valence-corrected chi connectivity index (χ2v) is 5.61. The summed E-state index contributed by atoms with van der Waals surface area (Å²) >= 11 is 1.66. The Morgan fingerprint density at radius 2 is 1.27 bits per heavy atom. The molecule has 0 amide bonds. The third kappa shape index (κ3) is 4.30. The summed E-state index contributed by atoms with van der Waals surface area (Å²) in [6.45, 7) is 0. The van der Waals surface area contributed by atoms with E-state index < -0.39 is 0 Å². The Kier molecular flexibility index (Phi) is 5.00. The zero-order chi connectivity index (χ0) is 15.0. The van der Waals surface area contributed by atoms with Crippen molar-refractivity contribution in [1.82, 2.24) is 0 Å². The maximum Gasteiger partial charge on any atom is 0.138 e. The van der Waals surface area contributed by atoms with Crippen LogP contribution in [0, 0.1) is 0 Å². The quantitative estimate of drug-likeness (QED) is 0.436. The molecule has 3 heteroatoms. The monoisotopic (exact) mass is 308 g/mol. The highest BCUT2D eigenvalue weighted by atomic mass is 32.2. The molecule has 0 fully saturated rings. The summed E-state index contributed by atoms with van der Waals surface area (Å²) in [5.41, 5.74) is 0. The van der Waals surface area contributed by atoms with Crippen molar-refractivity contribution in [1.29, 1.82) is 0 Å². The minimum atomic E-state index is 0.568. The van der Waals surface area contributed by atoms with Crippen molar-refractivity contribution in [2.75, 3.05) is 5.94 Å². The van der Waals surface area contributed by atoms with Crippen LogP contribution in [0.25, 0.3) is 0 Å². The summed E-state index contributed by atoms with van der Waals surface area (Å²) in [4.78, 5) is 1.19. The Hall–Kier alpha value is -2.39. The number of hydrogen-bond donors (Lipinski definition) is 0. The lowest BCUT2D eigenvalue weighted by atomic mass is 10.3. The van der Waals surface area contributed by atoms with Gasteiger partial charge in [0.2, 0.25) is 0 Å². The van der Waals surface area contributed by atoms with Crippen LogP contribution in [0.3, 0.4) is 0 Å². The fraction of sp³-hybridized carbons (Fsp3) is 0.0526. The summed E-state index contributed by atoms with van der Waals surface area (Å²) in [5.74, 6) is 2.96. The van der Waals surface area contributed by atoms with E-state index >= 15 is 0 Å². The van der Waals surface area contributed by atoms with E-state index in [0.29, 0.717) is 5.94 Å². The SMILES string of the molecule is c1ccc(Oc2cccc(OCSc3ccccc3)c2)cc1. The van der Waals surface area contributed by atoms with E-state index in [-0.39, 0.29) is 0 Å². The molecule has 0 N–H and O–H groups in total. The number of thioether (sulfide) groups is 1. The van der Waals surface area contributed by atoms with Crippen LogP contribution in [0.4, 0.5) is 0 Å². The highest BCUT2D eigenvalue weighted by molar-refractivity contribution is 7.99. The predicted octanol–water partition coefficient (Wildman–Crippen LogP) is 5.61. The molecule has 0 heterocycles. The first kappa shape index (κ1) is 14.5. The van der Waals surface area contributed by atoms with Gasteiger partial charge >= 0.3 is 0 Å². The molecule has 2 nitrogen and oxygen atoms in total. The first-order chi connectivity index (χ1) is 10.9. The van der Waals surface area contributed by atoms with E-state index in [4.69, 9.17) is 9.47 Å². The second kappa shape index (κ2) is 7.57. The van der Waals surface area contributed by atoms with Crippen molar-refractivity contribution in [2.45, 2.75) is 4.90 Å². The third-order valence-corrected chi connectivity index (χ3v) is 3.82. The molecule has 22 heavy (non-hydrogen) atoms.